The van der Waals surface area contributed by atoms with Crippen molar-refractivity contribution in [3.63, 3.8) is 0 Å². The first-order valence-electron chi connectivity index (χ1n) is 39.4. The van der Waals surface area contributed by atoms with Crippen LogP contribution in [-0.2, 0) is 102 Å². The third kappa shape index (κ3) is 35.5. The zero-order valence-electron chi connectivity index (χ0n) is 68.5. The van der Waals surface area contributed by atoms with Crippen molar-refractivity contribution in [3.8, 4) is 5.75 Å². The molecule has 0 aliphatic carbocycles. The first-order valence-corrected chi connectivity index (χ1v) is 39.4. The van der Waals surface area contributed by atoms with E-state index in [2.05, 4.69) is 75.7 Å². The average molecular weight is 1740 g/mol. The van der Waals surface area contributed by atoms with Gasteiger partial charge in [0.25, 0.3) is 0 Å². The first-order chi connectivity index (χ1) is 58.7. The van der Waals surface area contributed by atoms with Gasteiger partial charge in [-0.1, -0.05) is 94.8 Å². The smallest absolute Gasteiger partial charge is 0.330 e. The van der Waals surface area contributed by atoms with E-state index in [-0.39, 0.29) is 48.4 Å². The number of aldehydes is 1. The van der Waals surface area contributed by atoms with Gasteiger partial charge in [-0.15, -0.1) is 0 Å². The number of rotatable bonds is 57. The number of nitrogens with one attached hydrogen (secondary N) is 13. The highest BCUT2D eigenvalue weighted by atomic mass is 16.5. The number of benzene rings is 3. The molecule has 45 nitrogen and oxygen atoms in total. The highest BCUT2D eigenvalue weighted by molar-refractivity contribution is 6.05. The molecule has 0 saturated heterocycles. The lowest BCUT2D eigenvalue weighted by atomic mass is 9.96. The predicted molar refractivity (Wildman–Crippen MR) is 435 cm³/mol. The standard InChI is InChI=1S/C79H108N18O27/c1-5-6-7-8-9-10-11-26-61(103)90-51(29-44-35-85-49-23-16-14-20-45(44)49)74(117)92-52(31-59(83)101)75(118)93-53(32-60(84)102)76(119)97-68(42(4)123-79(122)56(30-57(100)46-21-13-15-22-47(46)81)95-78(121)67(40(2)28-63(105)106)96-70(113)48(82)39-99)77(120)86-36-62(104)89-50(24-18-27-80)72(115)94-55(34-65(109)110)73(116)88-41(3)69(112)91-54(33-64(107)108)71(114)87-37-66(111)124-58-25-17-12-19-43(58)38-98/h12-17,19-23,25,35,38,40-42,48,50-56,67-68,85,99H,5-11,18,24,26-34,36-37,39,80-82H2,1-4H3,(H2,83,101)(H2,84,102)(H,86,120)(H,87,114)(H,88,116)(H,89,104)(H,90,103)(H,91,112)(H,92,117)(H,93,118)(H,94,115)(H,95,121)(H,96,113)(H,97,119)(H,105,106)(H,107,108)(H,109,110)/t40-,41-,42-,48-,50+,51+,52-,53+,54+,55+,56+,67+,68+/m1/s1. The van der Waals surface area contributed by atoms with E-state index in [0.717, 1.165) is 46.0 Å². The minimum atomic E-state index is -2.42. The minimum Gasteiger partial charge on any atom is -0.481 e. The summed E-state index contributed by atoms with van der Waals surface area (Å²) in [6, 6.07) is -3.93. The van der Waals surface area contributed by atoms with Gasteiger partial charge in [-0.2, -0.15) is 0 Å². The molecule has 0 spiro atoms. The molecule has 0 unspecified atom stereocenters. The molecule has 124 heavy (non-hydrogen) atoms. The maximum absolute atomic E-state index is 14.8. The topological polar surface area (TPSA) is 748 Å². The Morgan fingerprint density at radius 3 is 1.60 bits per heavy atom. The maximum Gasteiger partial charge on any atom is 0.330 e. The highest BCUT2D eigenvalue weighted by Gasteiger charge is 2.41. The fourth-order valence-corrected chi connectivity index (χ4v) is 12.2. The summed E-state index contributed by atoms with van der Waals surface area (Å²) in [6.45, 7) is 1.81. The number of anilines is 1. The van der Waals surface area contributed by atoms with Gasteiger partial charge in [0.15, 0.2) is 12.1 Å². The third-order valence-corrected chi connectivity index (χ3v) is 18.8. The van der Waals surface area contributed by atoms with Crippen LogP contribution in [0.5, 0.6) is 5.75 Å². The Morgan fingerprint density at radius 1 is 0.492 bits per heavy atom. The summed E-state index contributed by atoms with van der Waals surface area (Å²) in [7, 11) is 0. The van der Waals surface area contributed by atoms with E-state index >= 15 is 0 Å². The summed E-state index contributed by atoms with van der Waals surface area (Å²) in [6.07, 6.45) is -1.41. The van der Waals surface area contributed by atoms with Crippen molar-refractivity contribution in [3.05, 3.63) is 95.7 Å². The van der Waals surface area contributed by atoms with E-state index < -0.39 is 261 Å². The number of unbranched alkanes of at least 4 members (excludes halogenated alkanes) is 6. The van der Waals surface area contributed by atoms with E-state index in [1.807, 2.05) is 0 Å². The number of aromatic nitrogens is 1. The molecule has 1 aromatic heterocycles. The Labute approximate surface area is 709 Å². The van der Waals surface area contributed by atoms with Gasteiger partial charge in [-0.05, 0) is 81.5 Å². The molecule has 0 aliphatic rings. The summed E-state index contributed by atoms with van der Waals surface area (Å²) in [5.74, 6) is -28.1. The molecule has 3 aromatic carbocycles. The number of hydrogen-bond donors (Lipinski definition) is 22. The summed E-state index contributed by atoms with van der Waals surface area (Å²) in [5, 5.41) is 66.0. The molecule has 4 rings (SSSR count). The minimum absolute atomic E-state index is 0.0135. The van der Waals surface area contributed by atoms with E-state index in [1.165, 1.54) is 55.5 Å². The lowest BCUT2D eigenvalue weighted by Crippen LogP contribution is -2.62. The number of ketones is 1. The number of aliphatic carboxylic acids is 3. The molecule has 0 aliphatic heterocycles. The van der Waals surface area contributed by atoms with Gasteiger partial charge in [0.1, 0.15) is 84.9 Å². The first kappa shape index (κ1) is 102. The van der Waals surface area contributed by atoms with Crippen LogP contribution in [0.15, 0.2) is 79.0 Å². The van der Waals surface area contributed by atoms with Gasteiger partial charge >= 0.3 is 29.8 Å². The number of ether oxygens (including phenoxy) is 2. The Balaban J connectivity index is 1.73. The quantitative estimate of drug-likeness (QED) is 0.00492. The van der Waals surface area contributed by atoms with Crippen LogP contribution in [0.25, 0.3) is 10.9 Å². The fourth-order valence-electron chi connectivity index (χ4n) is 12.2. The van der Waals surface area contributed by atoms with E-state index in [0.29, 0.717) is 35.6 Å². The van der Waals surface area contributed by atoms with Crippen LogP contribution >= 0.6 is 0 Å². The summed E-state index contributed by atoms with van der Waals surface area (Å²) in [4.78, 5) is 286. The van der Waals surface area contributed by atoms with Gasteiger partial charge in [-0.3, -0.25) is 91.1 Å². The Bertz CT molecular complexity index is 4500. The van der Waals surface area contributed by atoms with E-state index in [4.69, 9.17) is 38.1 Å². The Hall–Kier alpha value is -13.9. The normalized spacial score (nSPS) is 14.1. The van der Waals surface area contributed by atoms with Gasteiger partial charge in [0, 0.05) is 47.6 Å². The number of carboxylic acids is 3. The second-order valence-electron chi connectivity index (χ2n) is 28.9. The van der Waals surface area contributed by atoms with Crippen LogP contribution in [0, 0.1) is 5.92 Å². The predicted octanol–water partition coefficient (Wildman–Crippen LogP) is -4.97. The molecule has 0 bridgehead atoms. The van der Waals surface area contributed by atoms with Crippen molar-refractivity contribution in [1.82, 2.24) is 68.8 Å². The van der Waals surface area contributed by atoms with Gasteiger partial charge < -0.3 is 127 Å². The van der Waals surface area contributed by atoms with E-state index in [9.17, 15) is 121 Å². The molecule has 27 N–H and O–H groups in total. The Kier molecular flexibility index (Phi) is 43.3. The number of aliphatic hydroxyl groups is 1. The number of carboxylic acid groups (broad SMARTS) is 3. The van der Waals surface area contributed by atoms with Gasteiger partial charge in [0.05, 0.1) is 50.8 Å². The van der Waals surface area contributed by atoms with Crippen LogP contribution in [-0.4, -0.2) is 249 Å². The number of nitrogens with two attached hydrogens (primary N) is 5. The van der Waals surface area contributed by atoms with Crippen molar-refractivity contribution in [2.45, 2.75) is 209 Å². The van der Waals surface area contributed by atoms with Crippen LogP contribution in [0.3, 0.4) is 0 Å². The third-order valence-electron chi connectivity index (χ3n) is 18.8. The van der Waals surface area contributed by atoms with Crippen molar-refractivity contribution < 1.29 is 131 Å². The number of esters is 2. The number of aliphatic hydroxyl groups excluding tert-OH is 1. The molecule has 0 fully saturated rings. The van der Waals surface area contributed by atoms with Crippen molar-refractivity contribution in [2.24, 2.45) is 28.9 Å². The molecule has 676 valence electrons. The molecule has 0 saturated carbocycles. The molecule has 1 heterocycles. The molecular formula is C79H108N18O27. The molecule has 0 radical (unpaired) electrons. The number of H-pyrrole nitrogens is 1. The number of carbonyl (C=O) groups excluding carboxylic acids is 18. The second kappa shape index (κ2) is 52.4. The summed E-state index contributed by atoms with van der Waals surface area (Å²) < 4.78 is 10.8. The molecule has 4 aromatic rings. The zero-order chi connectivity index (χ0) is 92.4. The number of carbonyl (C=O) groups is 21. The number of primary amides is 2. The van der Waals surface area contributed by atoms with E-state index in [1.54, 1.807) is 30.5 Å². The summed E-state index contributed by atoms with van der Waals surface area (Å²) in [5.41, 5.74) is 29.5. The molecular weight excluding hydrogens is 1630 g/mol. The number of aromatic amines is 1. The van der Waals surface area contributed by atoms with Crippen LogP contribution < -0.4 is 97.2 Å². The van der Waals surface area contributed by atoms with Crippen LogP contribution in [0.2, 0.25) is 0 Å². The number of hydrogen-bond acceptors (Lipinski definition) is 27. The van der Waals surface area contributed by atoms with Crippen LogP contribution in [0.4, 0.5) is 5.69 Å². The van der Waals surface area contributed by atoms with Gasteiger partial charge in [0.2, 0.25) is 82.7 Å². The number of nitrogen functional groups attached to an aromatic ring is 1. The zero-order valence-corrected chi connectivity index (χ0v) is 68.5. The monoisotopic (exact) mass is 1740 g/mol. The number of para-hydroxylation sites is 3. The fraction of sp³-hybridized carbons (Fsp3) is 0.481. The lowest BCUT2D eigenvalue weighted by Gasteiger charge is -2.30. The van der Waals surface area contributed by atoms with Crippen molar-refractivity contribution in [1.29, 1.82) is 0 Å². The second-order valence-corrected chi connectivity index (χ2v) is 28.9. The largest absolute Gasteiger partial charge is 0.481 e. The average Bonchev–Trinajstić information content (AvgIpc) is 1.33. The maximum atomic E-state index is 14.8. The summed E-state index contributed by atoms with van der Waals surface area (Å²) >= 11 is 0. The lowest BCUT2D eigenvalue weighted by molar-refractivity contribution is -0.156. The van der Waals surface area contributed by atoms with Crippen molar-refractivity contribution >= 4 is 141 Å². The number of Topliss-reactive ketones (excluding diaryl/α,β-unsaturated/α-hetero) is 1. The highest BCUT2D eigenvalue weighted by Crippen LogP contribution is 2.22. The molecule has 45 heteroatoms. The molecule has 14 amide bonds. The Morgan fingerprint density at radius 2 is 1.00 bits per heavy atom. The molecule has 13 atom stereocenters. The van der Waals surface area contributed by atoms with Gasteiger partial charge in [-0.25, -0.2) is 9.59 Å². The van der Waals surface area contributed by atoms with Crippen molar-refractivity contribution in [2.75, 3.05) is 32.0 Å². The SMILES string of the molecule is CCCCCCCCCC(=O)N[C@@H](Cc1c[nH]c2ccccc12)C(=O)N[C@H](CC(N)=O)C(=O)N[C@@H](CC(N)=O)C(=O)N[C@H](C(=O)NCC(=O)N[C@@H](CCCN)C(=O)N[C@@H](CC(=O)O)C(=O)N[C@H](C)C(=O)N[C@@H](CC(=O)O)C(=O)NCC(=O)Oc1ccccc1C=O)[C@@H](C)OC(=O)[C@H](CC(=O)c1ccccc1N)NC(=O)[C@@H](NC(=O)[C@H](N)CO)[C@H](C)CC(=O)O. The number of amides is 14. The van der Waals surface area contributed by atoms with Crippen LogP contribution in [0.1, 0.15) is 157 Å². The number of fused-ring (bicyclic) bond motifs is 1.